The number of carbonyl (C=O) groups excluding carboxylic acids is 1. The third-order valence-corrected chi connectivity index (χ3v) is 4.27. The minimum absolute atomic E-state index is 0.365. The van der Waals surface area contributed by atoms with Gasteiger partial charge in [0.1, 0.15) is 0 Å². The van der Waals surface area contributed by atoms with Crippen LogP contribution in [0.5, 0.6) is 0 Å². The number of rotatable bonds is 1. The first kappa shape index (κ1) is 13.4. The molecule has 2 heterocycles. The Morgan fingerprint density at radius 1 is 1.35 bits per heavy atom. The van der Waals surface area contributed by atoms with Crippen LogP contribution in [0.1, 0.15) is 37.9 Å². The number of aliphatic hydroxyl groups excluding tert-OH is 1. The van der Waals surface area contributed by atoms with Crippen LogP contribution < -0.4 is 10.2 Å². The van der Waals surface area contributed by atoms with Gasteiger partial charge in [-0.15, -0.1) is 0 Å². The number of anilines is 2. The molecule has 1 aromatic carbocycles. The normalized spacial score (nSPS) is 29.9. The second-order valence-corrected chi connectivity index (χ2v) is 6.00. The topological polar surface area (TPSA) is 72.8 Å². The van der Waals surface area contributed by atoms with Crippen LogP contribution in [0.3, 0.4) is 0 Å². The fourth-order valence-corrected chi connectivity index (χ4v) is 2.95. The highest BCUT2D eigenvalue weighted by Crippen LogP contribution is 2.35. The molecule has 0 bridgehead atoms. The molecule has 5 heteroatoms. The number of hydrogen-bond donors (Lipinski definition) is 3. The Hall–Kier alpha value is -1.59. The fourth-order valence-electron chi connectivity index (χ4n) is 2.95. The molecule has 20 heavy (non-hydrogen) atoms. The van der Waals surface area contributed by atoms with Crippen molar-refractivity contribution < 1.29 is 15.0 Å². The summed E-state index contributed by atoms with van der Waals surface area (Å²) in [7, 11) is 0. The van der Waals surface area contributed by atoms with Crippen LogP contribution >= 0.6 is 0 Å². The van der Waals surface area contributed by atoms with Crippen molar-refractivity contribution in [1.29, 1.82) is 0 Å². The summed E-state index contributed by atoms with van der Waals surface area (Å²) >= 11 is 0. The van der Waals surface area contributed by atoms with Gasteiger partial charge in [-0.05, 0) is 38.3 Å². The Labute approximate surface area is 118 Å². The third kappa shape index (κ3) is 2.39. The number of fused-ring (bicyclic) bond motifs is 1. The third-order valence-electron chi connectivity index (χ3n) is 4.27. The van der Waals surface area contributed by atoms with Gasteiger partial charge in [0.2, 0.25) is 0 Å². The van der Waals surface area contributed by atoms with Crippen molar-refractivity contribution in [2.24, 2.45) is 0 Å². The van der Waals surface area contributed by atoms with E-state index in [0.29, 0.717) is 11.3 Å². The molecule has 2 aliphatic rings. The first-order chi connectivity index (χ1) is 9.46. The molecule has 0 radical (unpaired) electrons. The Kier molecular flexibility index (Phi) is 3.18. The summed E-state index contributed by atoms with van der Waals surface area (Å²) in [5, 5.41) is 22.5. The van der Waals surface area contributed by atoms with Crippen molar-refractivity contribution in [2.45, 2.75) is 37.9 Å². The molecular weight excluding hydrogens is 256 g/mol. The molecule has 2 aliphatic heterocycles. The van der Waals surface area contributed by atoms with Crippen LogP contribution in [0, 0.1) is 0 Å². The van der Waals surface area contributed by atoms with E-state index in [4.69, 9.17) is 0 Å². The molecule has 2 unspecified atom stereocenters. The zero-order valence-corrected chi connectivity index (χ0v) is 11.6. The SMILES string of the molecule is CC1(O)CCCN(c2ccc3c(c2)NC(=O)C3O)CC1. The van der Waals surface area contributed by atoms with Gasteiger partial charge in [0.25, 0.3) is 5.91 Å². The first-order valence-corrected chi connectivity index (χ1v) is 7.06. The van der Waals surface area contributed by atoms with Crippen molar-refractivity contribution in [1.82, 2.24) is 0 Å². The first-order valence-electron chi connectivity index (χ1n) is 7.06. The Bertz CT molecular complexity index is 542. The standard InChI is InChI=1S/C15H20N2O3/c1-15(20)5-2-7-17(8-6-15)10-3-4-11-12(9-10)16-14(19)13(11)18/h3-4,9,13,18,20H,2,5-8H2,1H3,(H,16,19). The minimum atomic E-state index is -1.05. The largest absolute Gasteiger partial charge is 0.390 e. The van der Waals surface area contributed by atoms with E-state index in [2.05, 4.69) is 10.2 Å². The van der Waals surface area contributed by atoms with Crippen LogP contribution in [-0.2, 0) is 4.79 Å². The summed E-state index contributed by atoms with van der Waals surface area (Å²) in [6.45, 7) is 3.57. The van der Waals surface area contributed by atoms with Crippen molar-refractivity contribution in [3.05, 3.63) is 23.8 Å². The van der Waals surface area contributed by atoms with Gasteiger partial charge in [-0.2, -0.15) is 0 Å². The highest BCUT2D eigenvalue weighted by molar-refractivity contribution is 6.02. The van der Waals surface area contributed by atoms with Crippen LogP contribution in [0.2, 0.25) is 0 Å². The van der Waals surface area contributed by atoms with E-state index in [0.717, 1.165) is 38.0 Å². The van der Waals surface area contributed by atoms with Crippen molar-refractivity contribution in [3.63, 3.8) is 0 Å². The molecule has 3 N–H and O–H groups in total. The van der Waals surface area contributed by atoms with E-state index in [1.165, 1.54) is 0 Å². The zero-order chi connectivity index (χ0) is 14.3. The number of carbonyl (C=O) groups is 1. The summed E-state index contributed by atoms with van der Waals surface area (Å²) < 4.78 is 0. The van der Waals surface area contributed by atoms with E-state index >= 15 is 0 Å². The molecule has 1 saturated heterocycles. The van der Waals surface area contributed by atoms with Crippen LogP contribution in [-0.4, -0.2) is 34.8 Å². The van der Waals surface area contributed by atoms with Crippen molar-refractivity contribution >= 4 is 17.3 Å². The van der Waals surface area contributed by atoms with Gasteiger partial charge >= 0.3 is 0 Å². The monoisotopic (exact) mass is 276 g/mol. The quantitative estimate of drug-likeness (QED) is 0.725. The van der Waals surface area contributed by atoms with Gasteiger partial charge in [-0.1, -0.05) is 6.07 Å². The summed E-state index contributed by atoms with van der Waals surface area (Å²) in [4.78, 5) is 13.7. The van der Waals surface area contributed by atoms with Gasteiger partial charge in [-0.25, -0.2) is 0 Å². The number of benzene rings is 1. The molecule has 0 aliphatic carbocycles. The smallest absolute Gasteiger partial charge is 0.257 e. The summed E-state index contributed by atoms with van der Waals surface area (Å²) in [6.07, 6.45) is 1.44. The number of nitrogens with one attached hydrogen (secondary N) is 1. The molecule has 0 saturated carbocycles. The molecule has 0 aromatic heterocycles. The zero-order valence-electron chi connectivity index (χ0n) is 11.6. The fraction of sp³-hybridized carbons (Fsp3) is 0.533. The highest BCUT2D eigenvalue weighted by atomic mass is 16.3. The number of amides is 1. The van der Waals surface area contributed by atoms with E-state index in [-0.39, 0.29) is 5.91 Å². The van der Waals surface area contributed by atoms with E-state index in [1.54, 1.807) is 6.07 Å². The molecule has 5 nitrogen and oxygen atoms in total. The average molecular weight is 276 g/mol. The lowest BCUT2D eigenvalue weighted by atomic mass is 9.98. The number of hydrogen-bond acceptors (Lipinski definition) is 4. The minimum Gasteiger partial charge on any atom is -0.390 e. The highest BCUT2D eigenvalue weighted by Gasteiger charge is 2.30. The predicted molar refractivity (Wildman–Crippen MR) is 76.7 cm³/mol. The number of nitrogens with zero attached hydrogens (tertiary/aromatic N) is 1. The van der Waals surface area contributed by atoms with E-state index in [1.807, 2.05) is 19.1 Å². The van der Waals surface area contributed by atoms with E-state index in [9.17, 15) is 15.0 Å². The van der Waals surface area contributed by atoms with Crippen LogP contribution in [0.25, 0.3) is 0 Å². The Morgan fingerprint density at radius 3 is 2.95 bits per heavy atom. The lowest BCUT2D eigenvalue weighted by molar-refractivity contribution is -0.123. The maximum atomic E-state index is 11.5. The maximum absolute atomic E-state index is 11.5. The van der Waals surface area contributed by atoms with Crippen molar-refractivity contribution in [2.75, 3.05) is 23.3 Å². The lowest BCUT2D eigenvalue weighted by Crippen LogP contribution is -2.28. The Balaban J connectivity index is 1.82. The van der Waals surface area contributed by atoms with Gasteiger partial charge in [0.15, 0.2) is 6.10 Å². The molecular formula is C15H20N2O3. The molecule has 1 amide bonds. The van der Waals surface area contributed by atoms with Crippen LogP contribution in [0.4, 0.5) is 11.4 Å². The van der Waals surface area contributed by atoms with Gasteiger partial charge in [-0.3, -0.25) is 4.79 Å². The van der Waals surface area contributed by atoms with Gasteiger partial charge in [0.05, 0.1) is 5.60 Å². The predicted octanol–water partition coefficient (Wildman–Crippen LogP) is 1.41. The average Bonchev–Trinajstić information content (AvgIpc) is 2.57. The van der Waals surface area contributed by atoms with E-state index < -0.39 is 11.7 Å². The second kappa shape index (κ2) is 4.75. The molecule has 0 spiro atoms. The maximum Gasteiger partial charge on any atom is 0.257 e. The molecule has 1 aromatic rings. The van der Waals surface area contributed by atoms with Crippen LogP contribution in [0.15, 0.2) is 18.2 Å². The summed E-state index contributed by atoms with van der Waals surface area (Å²) in [6, 6.07) is 5.64. The molecule has 2 atom stereocenters. The second-order valence-electron chi connectivity index (χ2n) is 6.00. The summed E-state index contributed by atoms with van der Waals surface area (Å²) in [5.41, 5.74) is 1.77. The molecule has 1 fully saturated rings. The van der Waals surface area contributed by atoms with Gasteiger partial charge in [0, 0.05) is 30.0 Å². The summed E-state index contributed by atoms with van der Waals surface area (Å²) in [5.74, 6) is -0.365. The van der Waals surface area contributed by atoms with Gasteiger partial charge < -0.3 is 20.4 Å². The molecule has 108 valence electrons. The molecule has 3 rings (SSSR count). The number of aliphatic hydroxyl groups is 2. The Morgan fingerprint density at radius 2 is 2.15 bits per heavy atom. The van der Waals surface area contributed by atoms with Crippen molar-refractivity contribution in [3.8, 4) is 0 Å². The lowest BCUT2D eigenvalue weighted by Gasteiger charge is -2.24.